The summed E-state index contributed by atoms with van der Waals surface area (Å²) in [6.45, 7) is 6.15. The fourth-order valence-electron chi connectivity index (χ4n) is 3.18. The highest BCUT2D eigenvalue weighted by molar-refractivity contribution is 5.36. The summed E-state index contributed by atoms with van der Waals surface area (Å²) >= 11 is 0. The van der Waals surface area contributed by atoms with Crippen molar-refractivity contribution in [1.29, 1.82) is 0 Å². The van der Waals surface area contributed by atoms with E-state index >= 15 is 0 Å². The van der Waals surface area contributed by atoms with Crippen molar-refractivity contribution in [2.75, 3.05) is 18.9 Å². The third-order valence-corrected chi connectivity index (χ3v) is 4.63. The van der Waals surface area contributed by atoms with Gasteiger partial charge in [0.1, 0.15) is 11.6 Å². The van der Waals surface area contributed by atoms with E-state index in [1.54, 1.807) is 0 Å². The second-order valence-corrected chi connectivity index (χ2v) is 6.22. The minimum atomic E-state index is -0.135. The van der Waals surface area contributed by atoms with E-state index in [-0.39, 0.29) is 5.54 Å². The van der Waals surface area contributed by atoms with Crippen molar-refractivity contribution in [2.45, 2.75) is 38.8 Å². The first kappa shape index (κ1) is 15.0. The maximum atomic E-state index is 4.72. The maximum absolute atomic E-state index is 4.72. The second kappa shape index (κ2) is 5.68. The van der Waals surface area contributed by atoms with Gasteiger partial charge >= 0.3 is 0 Å². The van der Waals surface area contributed by atoms with Crippen LogP contribution in [0.25, 0.3) is 0 Å². The smallest absolute Gasteiger partial charge is 0.150 e. The molecule has 3 heterocycles. The Labute approximate surface area is 131 Å². The van der Waals surface area contributed by atoms with Crippen LogP contribution in [0.4, 0.5) is 5.82 Å². The van der Waals surface area contributed by atoms with E-state index in [1.165, 1.54) is 0 Å². The van der Waals surface area contributed by atoms with Gasteiger partial charge in [-0.1, -0.05) is 0 Å². The molecule has 0 spiro atoms. The van der Waals surface area contributed by atoms with E-state index in [0.717, 1.165) is 49.1 Å². The molecule has 6 nitrogen and oxygen atoms in total. The number of anilines is 1. The quantitative estimate of drug-likeness (QED) is 0.936. The maximum Gasteiger partial charge on any atom is 0.150 e. The second-order valence-electron chi connectivity index (χ2n) is 6.22. The Bertz CT molecular complexity index is 664. The number of aromatic nitrogens is 4. The van der Waals surface area contributed by atoms with E-state index in [1.807, 2.05) is 39.5 Å². The Morgan fingerprint density at radius 3 is 2.86 bits per heavy atom. The SMILES string of the molecule is CNc1cc(C)nc(C2(C)CCCN2Cc2nccn2C)n1. The molecule has 1 saturated heterocycles. The average molecular weight is 300 g/mol. The Morgan fingerprint density at radius 1 is 1.36 bits per heavy atom. The number of nitrogens with zero attached hydrogens (tertiary/aromatic N) is 5. The van der Waals surface area contributed by atoms with E-state index in [2.05, 4.69) is 26.7 Å². The van der Waals surface area contributed by atoms with E-state index in [4.69, 9.17) is 9.97 Å². The van der Waals surface area contributed by atoms with Gasteiger partial charge in [0.2, 0.25) is 0 Å². The van der Waals surface area contributed by atoms with Gasteiger partial charge in [0.05, 0.1) is 12.1 Å². The van der Waals surface area contributed by atoms with Crippen molar-refractivity contribution in [3.63, 3.8) is 0 Å². The van der Waals surface area contributed by atoms with Crippen LogP contribution in [0.2, 0.25) is 0 Å². The average Bonchev–Trinajstić information content (AvgIpc) is 3.07. The molecule has 2 aromatic rings. The van der Waals surface area contributed by atoms with Crippen molar-refractivity contribution in [1.82, 2.24) is 24.4 Å². The number of imidazole rings is 1. The van der Waals surface area contributed by atoms with Crippen LogP contribution in [0, 0.1) is 6.92 Å². The highest BCUT2D eigenvalue weighted by Crippen LogP contribution is 2.38. The van der Waals surface area contributed by atoms with Gasteiger partial charge in [-0.15, -0.1) is 0 Å². The highest BCUT2D eigenvalue weighted by Gasteiger charge is 2.41. The predicted octanol–water partition coefficient (Wildman–Crippen LogP) is 2.07. The fourth-order valence-corrected chi connectivity index (χ4v) is 3.18. The largest absolute Gasteiger partial charge is 0.373 e. The Morgan fingerprint density at radius 2 is 2.18 bits per heavy atom. The summed E-state index contributed by atoms with van der Waals surface area (Å²) in [4.78, 5) is 16.3. The first-order valence-electron chi connectivity index (χ1n) is 7.78. The van der Waals surface area contributed by atoms with E-state index in [0.29, 0.717) is 0 Å². The van der Waals surface area contributed by atoms with Crippen LogP contribution in [-0.2, 0) is 19.1 Å². The first-order valence-corrected chi connectivity index (χ1v) is 7.78. The molecule has 1 aliphatic rings. The Kier molecular flexibility index (Phi) is 3.87. The lowest BCUT2D eigenvalue weighted by molar-refractivity contribution is 0.133. The zero-order valence-electron chi connectivity index (χ0n) is 13.8. The van der Waals surface area contributed by atoms with Crippen molar-refractivity contribution in [2.24, 2.45) is 7.05 Å². The molecule has 1 fully saturated rings. The molecule has 0 radical (unpaired) electrons. The predicted molar refractivity (Wildman–Crippen MR) is 86.5 cm³/mol. The van der Waals surface area contributed by atoms with Gasteiger partial charge in [0.15, 0.2) is 5.82 Å². The van der Waals surface area contributed by atoms with Gasteiger partial charge in [-0.3, -0.25) is 4.90 Å². The van der Waals surface area contributed by atoms with Gasteiger partial charge in [-0.25, -0.2) is 15.0 Å². The summed E-state index contributed by atoms with van der Waals surface area (Å²) in [6, 6.07) is 1.98. The summed E-state index contributed by atoms with van der Waals surface area (Å²) in [5.41, 5.74) is 0.864. The van der Waals surface area contributed by atoms with Gasteiger partial charge < -0.3 is 9.88 Å². The van der Waals surface area contributed by atoms with Crippen LogP contribution in [0.5, 0.6) is 0 Å². The molecule has 0 saturated carbocycles. The topological polar surface area (TPSA) is 58.9 Å². The van der Waals surface area contributed by atoms with Crippen LogP contribution in [0.3, 0.4) is 0 Å². The van der Waals surface area contributed by atoms with E-state index < -0.39 is 0 Å². The van der Waals surface area contributed by atoms with Gasteiger partial charge in [-0.2, -0.15) is 0 Å². The lowest BCUT2D eigenvalue weighted by Crippen LogP contribution is -2.40. The lowest BCUT2D eigenvalue weighted by atomic mass is 9.97. The van der Waals surface area contributed by atoms with Crippen LogP contribution >= 0.6 is 0 Å². The fraction of sp³-hybridized carbons (Fsp3) is 0.562. The molecule has 1 N–H and O–H groups in total. The van der Waals surface area contributed by atoms with Crippen LogP contribution < -0.4 is 5.32 Å². The molecular formula is C16H24N6. The highest BCUT2D eigenvalue weighted by atomic mass is 15.3. The molecule has 0 amide bonds. The third-order valence-electron chi connectivity index (χ3n) is 4.63. The van der Waals surface area contributed by atoms with Crippen molar-refractivity contribution in [3.05, 3.63) is 35.8 Å². The number of hydrogen-bond donors (Lipinski definition) is 1. The van der Waals surface area contributed by atoms with Crippen molar-refractivity contribution < 1.29 is 0 Å². The summed E-state index contributed by atoms with van der Waals surface area (Å²) in [5, 5.41) is 3.13. The number of nitrogens with one attached hydrogen (secondary N) is 1. The molecule has 0 aromatic carbocycles. The molecule has 22 heavy (non-hydrogen) atoms. The molecule has 0 aliphatic carbocycles. The molecular weight excluding hydrogens is 276 g/mol. The van der Waals surface area contributed by atoms with Crippen LogP contribution in [0.1, 0.15) is 37.1 Å². The first-order chi connectivity index (χ1) is 10.5. The van der Waals surface area contributed by atoms with Crippen molar-refractivity contribution >= 4 is 5.82 Å². The van der Waals surface area contributed by atoms with Gasteiger partial charge in [0, 0.05) is 38.2 Å². The molecule has 0 bridgehead atoms. The number of aryl methyl sites for hydroxylation is 2. The minimum absolute atomic E-state index is 0.135. The monoisotopic (exact) mass is 300 g/mol. The lowest BCUT2D eigenvalue weighted by Gasteiger charge is -2.34. The van der Waals surface area contributed by atoms with Gasteiger partial charge in [-0.05, 0) is 33.2 Å². The molecule has 1 atom stereocenters. The standard InChI is InChI=1S/C16H24N6/c1-12-10-13(17-3)20-15(19-12)16(2)6-5-8-22(16)11-14-18-7-9-21(14)4/h7,9-10H,5-6,8,11H2,1-4H3,(H,17,19,20). The molecule has 6 heteroatoms. The minimum Gasteiger partial charge on any atom is -0.373 e. The summed E-state index contributed by atoms with van der Waals surface area (Å²) < 4.78 is 2.08. The molecule has 118 valence electrons. The molecule has 2 aromatic heterocycles. The number of likely N-dealkylation sites (tertiary alicyclic amines) is 1. The summed E-state index contributed by atoms with van der Waals surface area (Å²) in [7, 11) is 3.94. The van der Waals surface area contributed by atoms with E-state index in [9.17, 15) is 0 Å². The molecule has 3 rings (SSSR count). The zero-order chi connectivity index (χ0) is 15.7. The summed E-state index contributed by atoms with van der Waals surface area (Å²) in [6.07, 6.45) is 6.08. The Balaban J connectivity index is 1.93. The number of hydrogen-bond acceptors (Lipinski definition) is 5. The normalized spacial score (nSPS) is 22.2. The van der Waals surface area contributed by atoms with Crippen LogP contribution in [0.15, 0.2) is 18.5 Å². The van der Waals surface area contributed by atoms with Crippen LogP contribution in [-0.4, -0.2) is 38.0 Å². The molecule has 1 aliphatic heterocycles. The Hall–Kier alpha value is -1.95. The summed E-state index contributed by atoms with van der Waals surface area (Å²) in [5.74, 6) is 2.87. The zero-order valence-corrected chi connectivity index (χ0v) is 13.8. The van der Waals surface area contributed by atoms with Gasteiger partial charge in [0.25, 0.3) is 0 Å². The third kappa shape index (κ3) is 2.59. The molecule has 1 unspecified atom stereocenters. The number of rotatable bonds is 4. The van der Waals surface area contributed by atoms with Crippen molar-refractivity contribution in [3.8, 4) is 0 Å².